The summed E-state index contributed by atoms with van der Waals surface area (Å²) in [6, 6.07) is 10.1. The van der Waals surface area contributed by atoms with Crippen LogP contribution in [0.1, 0.15) is 5.56 Å². The molecule has 0 aliphatic carbocycles. The number of hydrogen-bond acceptors (Lipinski definition) is 4. The van der Waals surface area contributed by atoms with Crippen LogP contribution >= 0.6 is 0 Å². The molecule has 0 radical (unpaired) electrons. The number of aromatic nitrogens is 1. The predicted molar refractivity (Wildman–Crippen MR) is 71.1 cm³/mol. The van der Waals surface area contributed by atoms with Crippen molar-refractivity contribution < 1.29 is 9.53 Å². The first-order valence-electron chi connectivity index (χ1n) is 5.50. The molecule has 0 saturated heterocycles. The average molecular weight is 256 g/mol. The van der Waals surface area contributed by atoms with Crippen LogP contribution in [0.4, 0.5) is 4.79 Å². The van der Waals surface area contributed by atoms with Gasteiger partial charge in [-0.1, -0.05) is 0 Å². The number of nitrogens with zero attached hydrogens (tertiary/aromatic N) is 2. The van der Waals surface area contributed by atoms with Gasteiger partial charge >= 0.3 is 6.03 Å². The Hall–Kier alpha value is -2.89. The van der Waals surface area contributed by atoms with Gasteiger partial charge in [0.25, 0.3) is 0 Å². The molecule has 0 saturated carbocycles. The number of urea groups is 1. The number of primary amides is 1. The monoisotopic (exact) mass is 256 g/mol. The maximum atomic E-state index is 10.4. The maximum absolute atomic E-state index is 10.4. The molecule has 0 unspecified atom stereocenters. The molecule has 6 heteroatoms. The molecule has 0 atom stereocenters. The molecule has 0 aliphatic heterocycles. The van der Waals surface area contributed by atoms with E-state index in [0.29, 0.717) is 11.5 Å². The first-order valence-corrected chi connectivity index (χ1v) is 5.50. The highest BCUT2D eigenvalue weighted by Crippen LogP contribution is 2.20. The summed E-state index contributed by atoms with van der Waals surface area (Å²) in [6.45, 7) is 0. The molecule has 19 heavy (non-hydrogen) atoms. The number of hydrazone groups is 1. The Labute approximate surface area is 109 Å². The maximum Gasteiger partial charge on any atom is 0.332 e. The molecule has 2 amide bonds. The summed E-state index contributed by atoms with van der Waals surface area (Å²) in [5.74, 6) is 1.41. The molecule has 96 valence electrons. The van der Waals surface area contributed by atoms with E-state index < -0.39 is 6.03 Å². The number of hydrogen-bond donors (Lipinski definition) is 2. The molecule has 0 aliphatic rings. The minimum absolute atomic E-state index is 0.700. The van der Waals surface area contributed by atoms with Gasteiger partial charge in [-0.25, -0.2) is 10.2 Å². The number of benzene rings is 1. The van der Waals surface area contributed by atoms with Crippen LogP contribution in [0.25, 0.3) is 0 Å². The van der Waals surface area contributed by atoms with Crippen LogP contribution in [-0.4, -0.2) is 17.2 Å². The zero-order valence-electron chi connectivity index (χ0n) is 9.98. The number of carbonyl (C=O) groups is 1. The largest absolute Gasteiger partial charge is 0.457 e. The van der Waals surface area contributed by atoms with Gasteiger partial charge in [-0.05, 0) is 42.0 Å². The van der Waals surface area contributed by atoms with E-state index in [1.165, 1.54) is 6.21 Å². The van der Waals surface area contributed by atoms with E-state index >= 15 is 0 Å². The fraction of sp³-hybridized carbons (Fsp3) is 0. The average Bonchev–Trinajstić information content (AvgIpc) is 2.42. The second-order valence-electron chi connectivity index (χ2n) is 3.59. The second-order valence-corrected chi connectivity index (χ2v) is 3.59. The Morgan fingerprint density at radius 2 is 1.79 bits per heavy atom. The van der Waals surface area contributed by atoms with E-state index in [1.807, 2.05) is 12.1 Å². The topological polar surface area (TPSA) is 89.6 Å². The molecule has 0 bridgehead atoms. The Bertz CT molecular complexity index is 567. The summed E-state index contributed by atoms with van der Waals surface area (Å²) >= 11 is 0. The lowest BCUT2D eigenvalue weighted by Gasteiger charge is -2.04. The molecule has 2 aromatic rings. The molecule has 0 fully saturated rings. The van der Waals surface area contributed by atoms with Gasteiger partial charge in [0.05, 0.1) is 6.21 Å². The summed E-state index contributed by atoms with van der Waals surface area (Å²) in [4.78, 5) is 14.3. The number of ether oxygens (including phenoxy) is 1. The highest BCUT2D eigenvalue weighted by molar-refractivity contribution is 5.81. The Morgan fingerprint density at radius 3 is 2.42 bits per heavy atom. The first kappa shape index (κ1) is 12.6. The van der Waals surface area contributed by atoms with E-state index in [1.54, 1.807) is 36.7 Å². The van der Waals surface area contributed by atoms with Gasteiger partial charge in [-0.3, -0.25) is 4.98 Å². The normalized spacial score (nSPS) is 10.3. The Balaban J connectivity index is 1.98. The van der Waals surface area contributed by atoms with Gasteiger partial charge in [0, 0.05) is 12.4 Å². The molecule has 1 heterocycles. The Morgan fingerprint density at radius 1 is 1.16 bits per heavy atom. The first-order chi connectivity index (χ1) is 9.24. The van der Waals surface area contributed by atoms with Gasteiger partial charge in [0.15, 0.2) is 0 Å². The van der Waals surface area contributed by atoms with Crippen molar-refractivity contribution in [1.82, 2.24) is 10.4 Å². The van der Waals surface area contributed by atoms with Gasteiger partial charge in [0.2, 0.25) is 0 Å². The number of nitrogens with two attached hydrogens (primary N) is 1. The van der Waals surface area contributed by atoms with Crippen LogP contribution in [0, 0.1) is 0 Å². The van der Waals surface area contributed by atoms with Crippen LogP contribution in [0.15, 0.2) is 53.9 Å². The van der Waals surface area contributed by atoms with Crippen molar-refractivity contribution in [2.75, 3.05) is 0 Å². The zero-order valence-corrected chi connectivity index (χ0v) is 9.98. The summed E-state index contributed by atoms with van der Waals surface area (Å²) in [6.07, 6.45) is 4.80. The zero-order chi connectivity index (χ0) is 13.5. The van der Waals surface area contributed by atoms with Crippen molar-refractivity contribution >= 4 is 12.2 Å². The number of pyridine rings is 1. The molecular formula is C13H12N4O2. The highest BCUT2D eigenvalue weighted by atomic mass is 16.5. The van der Waals surface area contributed by atoms with Crippen LogP contribution in [0.3, 0.4) is 0 Å². The van der Waals surface area contributed by atoms with E-state index in [4.69, 9.17) is 10.5 Å². The van der Waals surface area contributed by atoms with Gasteiger partial charge in [-0.2, -0.15) is 5.10 Å². The molecule has 0 spiro atoms. The minimum Gasteiger partial charge on any atom is -0.457 e. The lowest BCUT2D eigenvalue weighted by atomic mass is 10.2. The smallest absolute Gasteiger partial charge is 0.332 e. The fourth-order valence-corrected chi connectivity index (χ4v) is 1.33. The predicted octanol–water partition coefficient (Wildman–Crippen LogP) is 1.88. The van der Waals surface area contributed by atoms with Crippen molar-refractivity contribution in [2.24, 2.45) is 10.8 Å². The van der Waals surface area contributed by atoms with E-state index in [0.717, 1.165) is 5.56 Å². The quantitative estimate of drug-likeness (QED) is 0.646. The third-order valence-corrected chi connectivity index (χ3v) is 2.15. The number of amides is 2. The van der Waals surface area contributed by atoms with Crippen LogP contribution < -0.4 is 15.9 Å². The molecular weight excluding hydrogens is 244 g/mol. The van der Waals surface area contributed by atoms with E-state index in [2.05, 4.69) is 15.5 Å². The third kappa shape index (κ3) is 4.12. The van der Waals surface area contributed by atoms with Gasteiger partial charge < -0.3 is 10.5 Å². The lowest BCUT2D eigenvalue weighted by Crippen LogP contribution is -2.24. The second kappa shape index (κ2) is 6.15. The summed E-state index contributed by atoms with van der Waals surface area (Å²) in [7, 11) is 0. The molecule has 1 aromatic heterocycles. The van der Waals surface area contributed by atoms with Crippen molar-refractivity contribution in [2.45, 2.75) is 0 Å². The van der Waals surface area contributed by atoms with Crippen LogP contribution in [-0.2, 0) is 0 Å². The van der Waals surface area contributed by atoms with Crippen LogP contribution in [0.5, 0.6) is 11.5 Å². The molecule has 6 nitrogen and oxygen atoms in total. The number of nitrogens with one attached hydrogen (secondary N) is 1. The SMILES string of the molecule is NC(=O)NN=Cc1ccc(Oc2ccncc2)cc1. The minimum atomic E-state index is -0.700. The van der Waals surface area contributed by atoms with Crippen molar-refractivity contribution in [3.05, 3.63) is 54.4 Å². The van der Waals surface area contributed by atoms with Crippen molar-refractivity contribution in [3.8, 4) is 11.5 Å². The summed E-state index contributed by atoms with van der Waals surface area (Å²) < 4.78 is 5.60. The van der Waals surface area contributed by atoms with E-state index in [9.17, 15) is 4.79 Å². The van der Waals surface area contributed by atoms with Gasteiger partial charge in [-0.15, -0.1) is 0 Å². The van der Waals surface area contributed by atoms with Gasteiger partial charge in [0.1, 0.15) is 11.5 Å². The van der Waals surface area contributed by atoms with E-state index in [-0.39, 0.29) is 0 Å². The van der Waals surface area contributed by atoms with Crippen molar-refractivity contribution in [3.63, 3.8) is 0 Å². The number of rotatable bonds is 4. The molecule has 1 aromatic carbocycles. The standard InChI is InChI=1S/C13H12N4O2/c14-13(18)17-16-9-10-1-3-11(4-2-10)19-12-5-7-15-8-6-12/h1-9H,(H3,14,17,18). The van der Waals surface area contributed by atoms with Crippen LogP contribution in [0.2, 0.25) is 0 Å². The lowest BCUT2D eigenvalue weighted by molar-refractivity contribution is 0.249. The highest BCUT2D eigenvalue weighted by Gasteiger charge is 1.96. The molecule has 2 rings (SSSR count). The summed E-state index contributed by atoms with van der Waals surface area (Å²) in [5.41, 5.74) is 7.81. The third-order valence-electron chi connectivity index (χ3n) is 2.15. The number of carbonyl (C=O) groups excluding carboxylic acids is 1. The Kier molecular flexibility index (Phi) is 4.07. The van der Waals surface area contributed by atoms with Crippen molar-refractivity contribution in [1.29, 1.82) is 0 Å². The summed E-state index contributed by atoms with van der Waals surface area (Å²) in [5, 5.41) is 3.66. The molecule has 3 N–H and O–H groups in total. The fourth-order valence-electron chi connectivity index (χ4n) is 1.33.